The zero-order chi connectivity index (χ0) is 13.4. The molecule has 0 radical (unpaired) electrons. The summed E-state index contributed by atoms with van der Waals surface area (Å²) in [6.07, 6.45) is -14.5. The average Bonchev–Trinajstić information content (AvgIpc) is 2.13. The monoisotopic (exact) mass is 260 g/mol. The van der Waals surface area contributed by atoms with E-state index in [2.05, 4.69) is 6.58 Å². The van der Waals surface area contributed by atoms with Gasteiger partial charge in [0.15, 0.2) is 6.17 Å². The van der Waals surface area contributed by atoms with Crippen LogP contribution in [0.4, 0.5) is 39.5 Å². The lowest BCUT2D eigenvalue weighted by molar-refractivity contribution is -0.367. The molecule has 16 heavy (non-hydrogen) atoms. The van der Waals surface area contributed by atoms with E-state index < -0.39 is 30.4 Å². The smallest absolute Gasteiger partial charge is 0.239 e. The van der Waals surface area contributed by atoms with Gasteiger partial charge in [-0.15, -0.1) is 6.58 Å². The van der Waals surface area contributed by atoms with Crippen molar-refractivity contribution in [3.8, 4) is 0 Å². The van der Waals surface area contributed by atoms with Gasteiger partial charge in [-0.1, -0.05) is 6.08 Å². The van der Waals surface area contributed by atoms with Crippen LogP contribution in [-0.2, 0) is 0 Å². The molecule has 0 saturated heterocycles. The van der Waals surface area contributed by atoms with E-state index in [1.54, 1.807) is 0 Å². The summed E-state index contributed by atoms with van der Waals surface area (Å²) in [5.41, 5.74) is 0. The predicted octanol–water partition coefficient (Wildman–Crippen LogP) is 3.68. The zero-order valence-corrected chi connectivity index (χ0v) is 7.34. The van der Waals surface area contributed by atoms with Crippen molar-refractivity contribution >= 4 is 0 Å². The maximum absolute atomic E-state index is 12.4. The van der Waals surface area contributed by atoms with Crippen LogP contribution in [0.25, 0.3) is 0 Å². The second kappa shape index (κ2) is 4.17. The molecule has 0 nitrogen and oxygen atoms in total. The van der Waals surface area contributed by atoms with E-state index in [9.17, 15) is 39.5 Å². The second-order valence-electron chi connectivity index (χ2n) is 2.78. The van der Waals surface area contributed by atoms with Crippen LogP contribution in [0.2, 0.25) is 0 Å². The predicted molar refractivity (Wildman–Crippen MR) is 35.9 cm³/mol. The van der Waals surface area contributed by atoms with Crippen LogP contribution in [0.5, 0.6) is 0 Å². The Kier molecular flexibility index (Phi) is 3.94. The first-order valence-corrected chi connectivity index (χ1v) is 3.62. The van der Waals surface area contributed by atoms with Crippen LogP contribution in [0.3, 0.4) is 0 Å². The number of hydrogen-bond acceptors (Lipinski definition) is 0. The normalized spacial score (nSPS) is 18.1. The van der Waals surface area contributed by atoms with Crippen LogP contribution in [-0.4, -0.2) is 30.4 Å². The molecule has 0 aromatic carbocycles. The van der Waals surface area contributed by atoms with Gasteiger partial charge in [-0.3, -0.25) is 0 Å². The quantitative estimate of drug-likeness (QED) is 0.534. The van der Waals surface area contributed by atoms with Crippen molar-refractivity contribution in [2.24, 2.45) is 0 Å². The van der Waals surface area contributed by atoms with Gasteiger partial charge in [0.25, 0.3) is 0 Å². The lowest BCUT2D eigenvalue weighted by Gasteiger charge is -2.30. The molecule has 0 rings (SSSR count). The molecule has 0 fully saturated rings. The third kappa shape index (κ3) is 2.27. The van der Waals surface area contributed by atoms with Crippen molar-refractivity contribution < 1.29 is 39.5 Å². The molecule has 2 unspecified atom stereocenters. The van der Waals surface area contributed by atoms with Crippen LogP contribution in [0.15, 0.2) is 12.7 Å². The molecule has 0 aromatic heterocycles. The molecule has 0 aliphatic carbocycles. The highest BCUT2D eigenvalue weighted by atomic mass is 19.4. The molecule has 0 amide bonds. The van der Waals surface area contributed by atoms with Crippen LogP contribution < -0.4 is 0 Å². The van der Waals surface area contributed by atoms with Crippen molar-refractivity contribution in [2.45, 2.75) is 30.4 Å². The summed E-state index contributed by atoms with van der Waals surface area (Å²) in [5.74, 6) is -12.9. The minimum absolute atomic E-state index is 0.134. The van der Waals surface area contributed by atoms with Crippen molar-refractivity contribution in [3.05, 3.63) is 12.7 Å². The first-order chi connectivity index (χ1) is 6.89. The van der Waals surface area contributed by atoms with Gasteiger partial charge in [0.05, 0.1) is 0 Å². The number of allylic oxidation sites excluding steroid dienone is 1. The highest BCUT2D eigenvalue weighted by Gasteiger charge is 2.76. The fraction of sp³-hybridized carbons (Fsp3) is 0.714. The number of alkyl halides is 9. The summed E-state index contributed by atoms with van der Waals surface area (Å²) in [5, 5.41) is 0. The molecule has 0 aliphatic rings. The van der Waals surface area contributed by atoms with Crippen molar-refractivity contribution in [3.63, 3.8) is 0 Å². The third-order valence-electron chi connectivity index (χ3n) is 1.63. The molecule has 0 spiro atoms. The average molecular weight is 260 g/mol. The Labute approximate surface area is 83.7 Å². The Balaban J connectivity index is 5.26. The highest BCUT2D eigenvalue weighted by Crippen LogP contribution is 2.49. The van der Waals surface area contributed by atoms with Crippen LogP contribution in [0, 0.1) is 0 Å². The molecule has 0 saturated carbocycles. The van der Waals surface area contributed by atoms with Gasteiger partial charge < -0.3 is 0 Å². The minimum Gasteiger partial charge on any atom is -0.239 e. The Morgan fingerprint density at radius 1 is 0.875 bits per heavy atom. The number of halogens is 9. The van der Waals surface area contributed by atoms with E-state index in [4.69, 9.17) is 0 Å². The largest absolute Gasteiger partial charge is 0.459 e. The molecule has 0 heterocycles. The van der Waals surface area contributed by atoms with E-state index in [0.717, 1.165) is 0 Å². The summed E-state index contributed by atoms with van der Waals surface area (Å²) < 4.78 is 108. The zero-order valence-electron chi connectivity index (χ0n) is 7.34. The molecule has 96 valence electrons. The fourth-order valence-electron chi connectivity index (χ4n) is 0.682. The van der Waals surface area contributed by atoms with Gasteiger partial charge in [-0.05, 0) is 0 Å². The van der Waals surface area contributed by atoms with Crippen molar-refractivity contribution in [1.29, 1.82) is 0 Å². The van der Waals surface area contributed by atoms with E-state index in [0.29, 0.717) is 0 Å². The summed E-state index contributed by atoms with van der Waals surface area (Å²) in [4.78, 5) is 0. The van der Waals surface area contributed by atoms with Gasteiger partial charge in [-0.25, -0.2) is 8.78 Å². The third-order valence-corrected chi connectivity index (χ3v) is 1.63. The minimum atomic E-state index is -6.68. The van der Waals surface area contributed by atoms with Gasteiger partial charge in [0.2, 0.25) is 6.17 Å². The van der Waals surface area contributed by atoms with Gasteiger partial charge in [0.1, 0.15) is 0 Å². The molecule has 9 heteroatoms. The standard InChI is InChI=1S/C7H5F9/c1-2-3(8)4(9)5(10,11)6(12,13)7(14,15)16/h2-4H,1H2. The first-order valence-electron chi connectivity index (χ1n) is 3.62. The summed E-state index contributed by atoms with van der Waals surface area (Å²) >= 11 is 0. The molecular formula is C7H5F9. The Morgan fingerprint density at radius 2 is 1.25 bits per heavy atom. The number of hydrogen-bond donors (Lipinski definition) is 0. The molecular weight excluding hydrogens is 255 g/mol. The van der Waals surface area contributed by atoms with E-state index in [1.165, 1.54) is 0 Å². The second-order valence-corrected chi connectivity index (χ2v) is 2.78. The Hall–Kier alpha value is -0.890. The van der Waals surface area contributed by atoms with Gasteiger partial charge in [0, 0.05) is 0 Å². The van der Waals surface area contributed by atoms with E-state index in [1.807, 2.05) is 0 Å². The summed E-state index contributed by atoms with van der Waals surface area (Å²) in [6, 6.07) is 0. The van der Waals surface area contributed by atoms with Gasteiger partial charge in [-0.2, -0.15) is 30.7 Å². The Bertz CT molecular complexity index is 253. The van der Waals surface area contributed by atoms with E-state index in [-0.39, 0.29) is 6.08 Å². The summed E-state index contributed by atoms with van der Waals surface area (Å²) in [7, 11) is 0. The SMILES string of the molecule is C=CC(F)C(F)C(F)(F)C(F)(F)C(F)(F)F. The lowest BCUT2D eigenvalue weighted by atomic mass is 10.0. The van der Waals surface area contributed by atoms with Crippen molar-refractivity contribution in [1.82, 2.24) is 0 Å². The van der Waals surface area contributed by atoms with Crippen LogP contribution >= 0.6 is 0 Å². The van der Waals surface area contributed by atoms with Gasteiger partial charge >= 0.3 is 18.0 Å². The molecule has 0 aromatic rings. The number of rotatable bonds is 4. The first kappa shape index (κ1) is 15.1. The molecule has 0 N–H and O–H groups in total. The topological polar surface area (TPSA) is 0 Å². The molecule has 0 bridgehead atoms. The van der Waals surface area contributed by atoms with Crippen molar-refractivity contribution in [2.75, 3.05) is 0 Å². The molecule has 2 atom stereocenters. The fourth-order valence-corrected chi connectivity index (χ4v) is 0.682. The Morgan fingerprint density at radius 3 is 1.50 bits per heavy atom. The summed E-state index contributed by atoms with van der Waals surface area (Å²) in [6.45, 7) is 2.46. The van der Waals surface area contributed by atoms with E-state index >= 15 is 0 Å². The maximum atomic E-state index is 12.4. The molecule has 0 aliphatic heterocycles. The highest BCUT2D eigenvalue weighted by molar-refractivity contribution is 5.02. The van der Waals surface area contributed by atoms with Crippen LogP contribution in [0.1, 0.15) is 0 Å². The maximum Gasteiger partial charge on any atom is 0.459 e. The lowest BCUT2D eigenvalue weighted by Crippen LogP contribution is -2.58.